The summed E-state index contributed by atoms with van der Waals surface area (Å²) in [6.07, 6.45) is 2.43. The van der Waals surface area contributed by atoms with Crippen LogP contribution in [0.25, 0.3) is 27.8 Å². The molecule has 25 heavy (non-hydrogen) atoms. The third-order valence-electron chi connectivity index (χ3n) is 4.74. The molecular formula is C21H13ClN2O. The number of hydrogen-bond acceptors (Lipinski definition) is 2. The van der Waals surface area contributed by atoms with Crippen LogP contribution in [0.2, 0.25) is 5.02 Å². The quantitative estimate of drug-likeness (QED) is 0.445. The fourth-order valence-electron chi connectivity index (χ4n) is 3.70. The summed E-state index contributed by atoms with van der Waals surface area (Å²) in [7, 11) is 0. The van der Waals surface area contributed by atoms with E-state index in [1.54, 1.807) is 12.3 Å². The van der Waals surface area contributed by atoms with Crippen LogP contribution < -0.4 is 5.43 Å². The fraction of sp³-hybridized carbons (Fsp3) is 0.0476. The van der Waals surface area contributed by atoms with E-state index in [1.807, 2.05) is 48.5 Å². The number of fused-ring (bicyclic) bond motifs is 4. The molecule has 2 aromatic heterocycles. The molecule has 0 radical (unpaired) electrons. The Morgan fingerprint density at radius 2 is 1.88 bits per heavy atom. The van der Waals surface area contributed by atoms with E-state index in [0.29, 0.717) is 22.5 Å². The van der Waals surface area contributed by atoms with E-state index in [2.05, 4.69) is 15.6 Å². The lowest BCUT2D eigenvalue weighted by Crippen LogP contribution is -2.15. The van der Waals surface area contributed by atoms with Crippen LogP contribution in [-0.4, -0.2) is 9.55 Å². The molecule has 0 aliphatic heterocycles. The molecule has 0 amide bonds. The summed E-state index contributed by atoms with van der Waals surface area (Å²) >= 11 is 6.22. The Labute approximate surface area is 149 Å². The van der Waals surface area contributed by atoms with Crippen molar-refractivity contribution in [1.29, 1.82) is 0 Å². The summed E-state index contributed by atoms with van der Waals surface area (Å²) in [5, 5.41) is 1.28. The van der Waals surface area contributed by atoms with E-state index in [9.17, 15) is 4.79 Å². The minimum atomic E-state index is 0.0429. The lowest BCUT2D eigenvalue weighted by molar-refractivity contribution is 0.970. The van der Waals surface area contributed by atoms with Gasteiger partial charge in [-0.2, -0.15) is 0 Å². The third kappa shape index (κ3) is 2.06. The largest absolute Gasteiger partial charge is 0.297 e. The number of benzene rings is 2. The highest BCUT2D eigenvalue weighted by Gasteiger charge is 2.26. The molecule has 1 aliphatic rings. The molecule has 5 rings (SSSR count). The van der Waals surface area contributed by atoms with Gasteiger partial charge in [-0.05, 0) is 41.5 Å². The van der Waals surface area contributed by atoms with E-state index < -0.39 is 0 Å². The smallest absolute Gasteiger partial charge is 0.199 e. The number of nitrogens with zero attached hydrogens (tertiary/aromatic N) is 2. The second kappa shape index (κ2) is 5.30. The van der Waals surface area contributed by atoms with Crippen molar-refractivity contribution in [1.82, 2.24) is 9.55 Å². The van der Waals surface area contributed by atoms with Crippen LogP contribution in [-0.2, 0) is 6.42 Å². The van der Waals surface area contributed by atoms with Crippen LogP contribution in [0.5, 0.6) is 0 Å². The van der Waals surface area contributed by atoms with E-state index in [0.717, 1.165) is 22.5 Å². The Hall–Kier alpha value is -2.91. The van der Waals surface area contributed by atoms with Gasteiger partial charge in [0.05, 0.1) is 10.9 Å². The van der Waals surface area contributed by atoms with Crippen molar-refractivity contribution < 1.29 is 0 Å². The molecule has 0 bridgehead atoms. The second-order valence-electron chi connectivity index (χ2n) is 6.17. The summed E-state index contributed by atoms with van der Waals surface area (Å²) in [6.45, 7) is 0. The Morgan fingerprint density at radius 1 is 1.00 bits per heavy atom. The first-order chi connectivity index (χ1) is 12.2. The SMILES string of the molecule is O=c1c2c(n(-c3cccc(Cl)c3)c3ncccc13)Cc1ccccc1-2. The van der Waals surface area contributed by atoms with Crippen LogP contribution in [0.4, 0.5) is 0 Å². The average molecular weight is 345 g/mol. The van der Waals surface area contributed by atoms with Crippen molar-refractivity contribution in [2.75, 3.05) is 0 Å². The molecule has 0 fully saturated rings. The van der Waals surface area contributed by atoms with Gasteiger partial charge in [-0.15, -0.1) is 0 Å². The molecule has 4 heteroatoms. The van der Waals surface area contributed by atoms with Gasteiger partial charge in [0.15, 0.2) is 5.43 Å². The summed E-state index contributed by atoms with van der Waals surface area (Å²) < 4.78 is 2.07. The molecule has 2 aromatic carbocycles. The highest BCUT2D eigenvalue weighted by Crippen LogP contribution is 2.37. The van der Waals surface area contributed by atoms with Crippen molar-refractivity contribution in [3.63, 3.8) is 0 Å². The molecule has 0 N–H and O–H groups in total. The minimum absolute atomic E-state index is 0.0429. The van der Waals surface area contributed by atoms with Gasteiger partial charge in [-0.25, -0.2) is 4.98 Å². The first-order valence-corrected chi connectivity index (χ1v) is 8.48. The number of aromatic nitrogens is 2. The molecule has 0 unspecified atom stereocenters. The number of hydrogen-bond donors (Lipinski definition) is 0. The maximum absolute atomic E-state index is 13.2. The van der Waals surface area contributed by atoms with Gasteiger partial charge in [0.1, 0.15) is 5.65 Å². The van der Waals surface area contributed by atoms with Gasteiger partial charge >= 0.3 is 0 Å². The molecule has 0 spiro atoms. The first-order valence-electron chi connectivity index (χ1n) is 8.11. The van der Waals surface area contributed by atoms with Crippen LogP contribution >= 0.6 is 11.6 Å². The second-order valence-corrected chi connectivity index (χ2v) is 6.61. The molecule has 0 atom stereocenters. The monoisotopic (exact) mass is 344 g/mol. The average Bonchev–Trinajstić information content (AvgIpc) is 3.01. The van der Waals surface area contributed by atoms with Crippen LogP contribution in [0.3, 0.4) is 0 Å². The highest BCUT2D eigenvalue weighted by atomic mass is 35.5. The summed E-state index contributed by atoms with van der Waals surface area (Å²) in [4.78, 5) is 17.7. The Kier molecular flexibility index (Phi) is 3.06. The van der Waals surface area contributed by atoms with Gasteiger partial charge in [0.2, 0.25) is 0 Å². The lowest BCUT2D eigenvalue weighted by Gasteiger charge is -2.16. The van der Waals surface area contributed by atoms with Crippen LogP contribution in [0, 0.1) is 0 Å². The standard InChI is InChI=1S/C21H13ClN2O/c22-14-6-3-7-15(12-14)24-18-11-13-5-1-2-8-16(13)19(18)20(25)17-9-4-10-23-21(17)24/h1-10,12H,11H2. The summed E-state index contributed by atoms with van der Waals surface area (Å²) in [6, 6.07) is 19.4. The predicted molar refractivity (Wildman–Crippen MR) is 101 cm³/mol. The van der Waals surface area contributed by atoms with Crippen LogP contribution in [0.15, 0.2) is 71.7 Å². The Balaban J connectivity index is 1.98. The molecule has 0 saturated carbocycles. The van der Waals surface area contributed by atoms with Gasteiger partial charge in [0.25, 0.3) is 0 Å². The number of rotatable bonds is 1. The normalized spacial score (nSPS) is 12.2. The molecular weight excluding hydrogens is 332 g/mol. The maximum atomic E-state index is 13.2. The predicted octanol–water partition coefficient (Wildman–Crippen LogP) is 4.61. The molecule has 2 heterocycles. The molecule has 3 nitrogen and oxygen atoms in total. The van der Waals surface area contributed by atoms with Crippen molar-refractivity contribution in [3.8, 4) is 16.8 Å². The fourth-order valence-corrected chi connectivity index (χ4v) is 3.88. The van der Waals surface area contributed by atoms with Crippen molar-refractivity contribution >= 4 is 22.6 Å². The van der Waals surface area contributed by atoms with Crippen LogP contribution in [0.1, 0.15) is 11.3 Å². The molecule has 0 saturated heterocycles. The van der Waals surface area contributed by atoms with E-state index in [1.165, 1.54) is 5.56 Å². The topological polar surface area (TPSA) is 34.9 Å². The van der Waals surface area contributed by atoms with E-state index in [-0.39, 0.29) is 5.43 Å². The molecule has 1 aliphatic carbocycles. The molecule has 120 valence electrons. The van der Waals surface area contributed by atoms with Crippen molar-refractivity contribution in [3.05, 3.63) is 93.4 Å². The maximum Gasteiger partial charge on any atom is 0.199 e. The van der Waals surface area contributed by atoms with Gasteiger partial charge in [0, 0.05) is 29.0 Å². The zero-order valence-corrected chi connectivity index (χ0v) is 14.0. The Morgan fingerprint density at radius 3 is 2.76 bits per heavy atom. The van der Waals surface area contributed by atoms with Gasteiger partial charge in [-0.3, -0.25) is 9.36 Å². The summed E-state index contributed by atoms with van der Waals surface area (Å²) in [5.74, 6) is 0. The van der Waals surface area contributed by atoms with Crippen molar-refractivity contribution in [2.45, 2.75) is 6.42 Å². The molecule has 4 aromatic rings. The first kappa shape index (κ1) is 14.4. The van der Waals surface area contributed by atoms with Gasteiger partial charge in [-0.1, -0.05) is 41.9 Å². The number of halogens is 1. The third-order valence-corrected chi connectivity index (χ3v) is 4.97. The number of pyridine rings is 2. The minimum Gasteiger partial charge on any atom is -0.297 e. The Bertz CT molecular complexity index is 1210. The lowest BCUT2D eigenvalue weighted by atomic mass is 10.1. The van der Waals surface area contributed by atoms with Gasteiger partial charge < -0.3 is 0 Å². The zero-order chi connectivity index (χ0) is 17.0. The van der Waals surface area contributed by atoms with Crippen molar-refractivity contribution in [2.24, 2.45) is 0 Å². The zero-order valence-electron chi connectivity index (χ0n) is 13.2. The highest BCUT2D eigenvalue weighted by molar-refractivity contribution is 6.30. The summed E-state index contributed by atoms with van der Waals surface area (Å²) in [5.41, 5.74) is 5.56. The van der Waals surface area contributed by atoms with E-state index in [4.69, 9.17) is 11.6 Å². The van der Waals surface area contributed by atoms with E-state index >= 15 is 0 Å².